The minimum Gasteiger partial charge on any atom is -0.270 e. The Morgan fingerprint density at radius 1 is 1.56 bits per heavy atom. The first kappa shape index (κ1) is 10.9. The van der Waals surface area contributed by atoms with E-state index < -0.39 is 0 Å². The van der Waals surface area contributed by atoms with E-state index >= 15 is 0 Å². The van der Waals surface area contributed by atoms with Crippen LogP contribution in [0.3, 0.4) is 0 Å². The van der Waals surface area contributed by atoms with Crippen molar-refractivity contribution in [1.29, 1.82) is 5.26 Å². The molecule has 0 saturated heterocycles. The van der Waals surface area contributed by atoms with Crippen molar-refractivity contribution in [3.63, 3.8) is 0 Å². The average molecular weight is 231 g/mol. The summed E-state index contributed by atoms with van der Waals surface area (Å²) in [5.74, 6) is 0.529. The zero-order valence-electron chi connectivity index (χ0n) is 9.34. The van der Waals surface area contributed by atoms with Crippen molar-refractivity contribution in [2.24, 2.45) is 5.92 Å². The van der Waals surface area contributed by atoms with Crippen LogP contribution in [0, 0.1) is 17.2 Å². The van der Waals surface area contributed by atoms with E-state index in [1.807, 2.05) is 27.7 Å². The Labute approximate surface area is 99.0 Å². The van der Waals surface area contributed by atoms with Gasteiger partial charge in [0, 0.05) is 23.7 Å². The minimum absolute atomic E-state index is 0.529. The van der Waals surface area contributed by atoms with Crippen LogP contribution in [0.2, 0.25) is 0 Å². The van der Waals surface area contributed by atoms with E-state index in [1.165, 1.54) is 0 Å². The maximum atomic E-state index is 9.06. The molecule has 2 rings (SSSR count). The van der Waals surface area contributed by atoms with Crippen LogP contribution in [0.15, 0.2) is 23.0 Å². The van der Waals surface area contributed by atoms with Gasteiger partial charge in [0.15, 0.2) is 0 Å². The smallest absolute Gasteiger partial charge is 0.111 e. The Morgan fingerprint density at radius 2 is 2.38 bits per heavy atom. The zero-order chi connectivity index (χ0) is 11.5. The summed E-state index contributed by atoms with van der Waals surface area (Å²) in [7, 11) is 0. The molecule has 0 atom stereocenters. The second kappa shape index (κ2) is 4.50. The van der Waals surface area contributed by atoms with Crippen LogP contribution < -0.4 is 0 Å². The van der Waals surface area contributed by atoms with Crippen molar-refractivity contribution in [1.82, 2.24) is 9.78 Å². The SMILES string of the molecule is CC(C)Cn1cc(C#N)c(-c2ccsc2)n1. The molecule has 2 aromatic heterocycles. The van der Waals surface area contributed by atoms with Crippen LogP contribution in [0.25, 0.3) is 11.3 Å². The van der Waals surface area contributed by atoms with Crippen LogP contribution in [0.4, 0.5) is 0 Å². The monoisotopic (exact) mass is 231 g/mol. The molecule has 2 heterocycles. The summed E-state index contributed by atoms with van der Waals surface area (Å²) in [4.78, 5) is 0. The summed E-state index contributed by atoms with van der Waals surface area (Å²) in [6.45, 7) is 5.12. The van der Waals surface area contributed by atoms with Gasteiger partial charge in [-0.2, -0.15) is 21.7 Å². The van der Waals surface area contributed by atoms with Crippen molar-refractivity contribution in [3.8, 4) is 17.3 Å². The molecule has 0 aliphatic heterocycles. The molecule has 4 heteroatoms. The van der Waals surface area contributed by atoms with Gasteiger partial charge in [0.05, 0.1) is 5.56 Å². The van der Waals surface area contributed by atoms with Gasteiger partial charge in [0.2, 0.25) is 0 Å². The number of rotatable bonds is 3. The maximum Gasteiger partial charge on any atom is 0.111 e. The number of hydrogen-bond acceptors (Lipinski definition) is 3. The van der Waals surface area contributed by atoms with Crippen LogP contribution in [0.1, 0.15) is 19.4 Å². The normalized spacial score (nSPS) is 10.6. The van der Waals surface area contributed by atoms with Crippen LogP contribution in [0.5, 0.6) is 0 Å². The van der Waals surface area contributed by atoms with Gasteiger partial charge in [-0.05, 0) is 17.4 Å². The topological polar surface area (TPSA) is 41.6 Å². The molecule has 0 aromatic carbocycles. The molecule has 0 unspecified atom stereocenters. The molecule has 3 nitrogen and oxygen atoms in total. The Bertz CT molecular complexity index is 503. The zero-order valence-corrected chi connectivity index (χ0v) is 10.2. The Hall–Kier alpha value is -1.60. The summed E-state index contributed by atoms with van der Waals surface area (Å²) in [6, 6.07) is 4.19. The molecule has 0 radical (unpaired) electrons. The number of nitriles is 1. The highest BCUT2D eigenvalue weighted by Crippen LogP contribution is 2.24. The molecule has 0 N–H and O–H groups in total. The van der Waals surface area contributed by atoms with E-state index in [0.29, 0.717) is 11.5 Å². The highest BCUT2D eigenvalue weighted by atomic mass is 32.1. The van der Waals surface area contributed by atoms with Crippen LogP contribution >= 0.6 is 11.3 Å². The predicted octanol–water partition coefficient (Wildman–Crippen LogP) is 3.14. The molecule has 2 aromatic rings. The lowest BCUT2D eigenvalue weighted by Crippen LogP contribution is -2.04. The van der Waals surface area contributed by atoms with E-state index in [2.05, 4.69) is 25.0 Å². The first-order chi connectivity index (χ1) is 7.70. The van der Waals surface area contributed by atoms with E-state index in [-0.39, 0.29) is 0 Å². The van der Waals surface area contributed by atoms with E-state index in [1.54, 1.807) is 11.3 Å². The first-order valence-corrected chi connectivity index (χ1v) is 6.15. The second-order valence-electron chi connectivity index (χ2n) is 4.13. The molecule has 0 saturated carbocycles. The van der Waals surface area contributed by atoms with E-state index in [0.717, 1.165) is 17.8 Å². The van der Waals surface area contributed by atoms with Crippen LogP contribution in [-0.2, 0) is 6.54 Å². The van der Waals surface area contributed by atoms with Gasteiger partial charge in [-0.3, -0.25) is 4.68 Å². The van der Waals surface area contributed by atoms with E-state index in [4.69, 9.17) is 5.26 Å². The Morgan fingerprint density at radius 3 is 2.94 bits per heavy atom. The quantitative estimate of drug-likeness (QED) is 0.814. The third kappa shape index (κ3) is 2.15. The Kier molecular flexibility index (Phi) is 3.07. The van der Waals surface area contributed by atoms with Crippen molar-refractivity contribution in [2.45, 2.75) is 20.4 Å². The summed E-state index contributed by atoms with van der Waals surface area (Å²) < 4.78 is 1.86. The standard InChI is InChI=1S/C12H13N3S/c1-9(2)6-15-7-11(5-13)12(14-15)10-3-4-16-8-10/h3-4,7-9H,6H2,1-2H3. The summed E-state index contributed by atoms with van der Waals surface area (Å²) in [6.07, 6.45) is 1.83. The fourth-order valence-electron chi connectivity index (χ4n) is 1.58. The lowest BCUT2D eigenvalue weighted by molar-refractivity contribution is 0.484. The van der Waals surface area contributed by atoms with Gasteiger partial charge in [-0.25, -0.2) is 0 Å². The number of nitrogens with zero attached hydrogens (tertiary/aromatic N) is 3. The number of aromatic nitrogens is 2. The number of thiophene rings is 1. The summed E-state index contributed by atoms with van der Waals surface area (Å²) in [5, 5.41) is 17.5. The molecule has 0 aliphatic rings. The van der Waals surface area contributed by atoms with E-state index in [9.17, 15) is 0 Å². The summed E-state index contributed by atoms with van der Waals surface area (Å²) >= 11 is 1.62. The lowest BCUT2D eigenvalue weighted by atomic mass is 10.2. The van der Waals surface area contributed by atoms with Crippen molar-refractivity contribution in [2.75, 3.05) is 0 Å². The molecule has 82 valence electrons. The highest BCUT2D eigenvalue weighted by Gasteiger charge is 2.11. The molecular formula is C12H13N3S. The minimum atomic E-state index is 0.529. The Balaban J connectivity index is 2.38. The van der Waals surface area contributed by atoms with Crippen molar-refractivity contribution >= 4 is 11.3 Å². The van der Waals surface area contributed by atoms with Gasteiger partial charge in [0.1, 0.15) is 11.8 Å². The van der Waals surface area contributed by atoms with Gasteiger partial charge >= 0.3 is 0 Å². The largest absolute Gasteiger partial charge is 0.270 e. The molecule has 0 fully saturated rings. The lowest BCUT2D eigenvalue weighted by Gasteiger charge is -2.03. The fourth-order valence-corrected chi connectivity index (χ4v) is 2.22. The fraction of sp³-hybridized carbons (Fsp3) is 0.333. The summed E-state index contributed by atoms with van der Waals surface area (Å²) in [5.41, 5.74) is 2.48. The molecule has 0 spiro atoms. The molecule has 16 heavy (non-hydrogen) atoms. The third-order valence-corrected chi connectivity index (χ3v) is 2.91. The second-order valence-corrected chi connectivity index (χ2v) is 4.91. The molecule has 0 bridgehead atoms. The molecular weight excluding hydrogens is 218 g/mol. The van der Waals surface area contributed by atoms with Crippen molar-refractivity contribution in [3.05, 3.63) is 28.6 Å². The predicted molar refractivity (Wildman–Crippen MR) is 65.1 cm³/mol. The van der Waals surface area contributed by atoms with Crippen LogP contribution in [-0.4, -0.2) is 9.78 Å². The van der Waals surface area contributed by atoms with Crippen molar-refractivity contribution < 1.29 is 0 Å². The maximum absolute atomic E-state index is 9.06. The number of hydrogen-bond donors (Lipinski definition) is 0. The van der Waals surface area contributed by atoms with Gasteiger partial charge in [0.25, 0.3) is 0 Å². The van der Waals surface area contributed by atoms with Gasteiger partial charge in [-0.1, -0.05) is 13.8 Å². The van der Waals surface area contributed by atoms with Gasteiger partial charge < -0.3 is 0 Å². The average Bonchev–Trinajstić information content (AvgIpc) is 2.83. The first-order valence-electron chi connectivity index (χ1n) is 5.21. The van der Waals surface area contributed by atoms with Gasteiger partial charge in [-0.15, -0.1) is 0 Å². The molecule has 0 amide bonds. The third-order valence-electron chi connectivity index (χ3n) is 2.23. The molecule has 0 aliphatic carbocycles. The highest BCUT2D eigenvalue weighted by molar-refractivity contribution is 7.08.